The number of carbonyl (C=O) groups excluding carboxylic acids is 1. The highest BCUT2D eigenvalue weighted by Crippen LogP contribution is 2.49. The average molecular weight is 284 g/mol. The number of amides is 1. The molecule has 0 saturated heterocycles. The summed E-state index contributed by atoms with van der Waals surface area (Å²) in [5, 5.41) is 2.71. The number of hydrogen-bond donors (Lipinski definition) is 2. The van der Waals surface area contributed by atoms with Gasteiger partial charge in [0.25, 0.3) is 0 Å². The largest absolute Gasteiger partial charge is 0.326 e. The van der Waals surface area contributed by atoms with Crippen LogP contribution in [0.1, 0.15) is 24.0 Å². The zero-order valence-electron chi connectivity index (χ0n) is 11.6. The quantitative estimate of drug-likeness (QED) is 0.907. The summed E-state index contributed by atoms with van der Waals surface area (Å²) in [6.45, 7) is 0.277. The Morgan fingerprint density at radius 1 is 1.19 bits per heavy atom. The van der Waals surface area contributed by atoms with Gasteiger partial charge in [-0.3, -0.25) is 4.79 Å². The van der Waals surface area contributed by atoms with Crippen molar-refractivity contribution in [2.75, 3.05) is 5.32 Å². The summed E-state index contributed by atoms with van der Waals surface area (Å²) in [4.78, 5) is 12.5. The van der Waals surface area contributed by atoms with Crippen molar-refractivity contribution in [2.45, 2.75) is 24.8 Å². The number of rotatable bonds is 4. The van der Waals surface area contributed by atoms with Crippen LogP contribution in [-0.4, -0.2) is 5.91 Å². The van der Waals surface area contributed by atoms with Crippen LogP contribution >= 0.6 is 0 Å². The second-order valence-corrected chi connectivity index (χ2v) is 5.42. The highest BCUT2D eigenvalue weighted by Gasteiger charge is 2.51. The van der Waals surface area contributed by atoms with E-state index in [9.17, 15) is 9.18 Å². The Bertz CT molecular complexity index is 666. The molecule has 0 unspecified atom stereocenters. The molecule has 4 heteroatoms. The van der Waals surface area contributed by atoms with Gasteiger partial charge in [0.2, 0.25) is 5.91 Å². The van der Waals surface area contributed by atoms with Gasteiger partial charge in [-0.25, -0.2) is 4.39 Å². The molecule has 0 aliphatic heterocycles. The zero-order chi connectivity index (χ0) is 14.9. The first-order valence-electron chi connectivity index (χ1n) is 7.01. The highest BCUT2D eigenvalue weighted by atomic mass is 19.1. The number of hydrogen-bond acceptors (Lipinski definition) is 2. The van der Waals surface area contributed by atoms with Crippen LogP contribution in [0, 0.1) is 5.82 Å². The van der Waals surface area contributed by atoms with Crippen LogP contribution in [0.5, 0.6) is 0 Å². The molecule has 0 spiro atoms. The molecule has 0 radical (unpaired) electrons. The molecule has 3 nitrogen and oxygen atoms in total. The molecule has 21 heavy (non-hydrogen) atoms. The second-order valence-electron chi connectivity index (χ2n) is 5.42. The molecule has 1 saturated carbocycles. The number of benzene rings is 2. The lowest BCUT2D eigenvalue weighted by Crippen LogP contribution is -2.28. The molecule has 1 aliphatic rings. The Kier molecular flexibility index (Phi) is 3.47. The van der Waals surface area contributed by atoms with Gasteiger partial charge in [-0.05, 0) is 36.1 Å². The average Bonchev–Trinajstić information content (AvgIpc) is 3.32. The molecule has 3 rings (SSSR count). The van der Waals surface area contributed by atoms with Crippen molar-refractivity contribution in [2.24, 2.45) is 5.73 Å². The molecular formula is C17H17FN2O. The van der Waals surface area contributed by atoms with Gasteiger partial charge in [0.05, 0.1) is 11.1 Å². The summed E-state index contributed by atoms with van der Waals surface area (Å²) in [6.07, 6.45) is 1.59. The topological polar surface area (TPSA) is 55.1 Å². The van der Waals surface area contributed by atoms with E-state index >= 15 is 0 Å². The molecule has 1 fully saturated rings. The third-order valence-corrected chi connectivity index (χ3v) is 4.03. The molecular weight excluding hydrogens is 267 g/mol. The minimum absolute atomic E-state index is 0.145. The molecule has 0 heterocycles. The number of carbonyl (C=O) groups is 1. The van der Waals surface area contributed by atoms with Gasteiger partial charge in [-0.1, -0.05) is 36.4 Å². The van der Waals surface area contributed by atoms with E-state index in [1.54, 1.807) is 12.1 Å². The molecule has 0 bridgehead atoms. The summed E-state index contributed by atoms with van der Waals surface area (Å²) < 4.78 is 13.9. The molecule has 2 aromatic carbocycles. The maximum atomic E-state index is 13.9. The standard InChI is InChI=1S/C17H17FN2O/c18-14-10-12(11-19)6-7-15(14)20-16(21)17(8-9-17)13-4-2-1-3-5-13/h1-7,10H,8-9,11,19H2,(H,20,21). The van der Waals surface area contributed by atoms with Crippen LogP contribution in [0.4, 0.5) is 10.1 Å². The number of nitrogens with two attached hydrogens (primary N) is 1. The zero-order valence-corrected chi connectivity index (χ0v) is 11.6. The van der Waals surface area contributed by atoms with Gasteiger partial charge in [-0.15, -0.1) is 0 Å². The minimum atomic E-state index is -0.500. The summed E-state index contributed by atoms with van der Waals surface area (Å²) in [5.41, 5.74) is 6.87. The monoisotopic (exact) mass is 284 g/mol. The predicted octanol–water partition coefficient (Wildman–Crippen LogP) is 2.95. The Morgan fingerprint density at radius 3 is 2.48 bits per heavy atom. The Hall–Kier alpha value is -2.20. The number of halogens is 1. The van der Waals surface area contributed by atoms with E-state index in [2.05, 4.69) is 5.32 Å². The number of anilines is 1. The second kappa shape index (κ2) is 5.30. The van der Waals surface area contributed by atoms with E-state index in [0.717, 1.165) is 18.4 Å². The molecule has 0 aromatic heterocycles. The lowest BCUT2D eigenvalue weighted by atomic mass is 9.95. The smallest absolute Gasteiger partial charge is 0.235 e. The minimum Gasteiger partial charge on any atom is -0.326 e. The predicted molar refractivity (Wildman–Crippen MR) is 80.3 cm³/mol. The molecule has 1 amide bonds. The highest BCUT2D eigenvalue weighted by molar-refractivity contribution is 6.01. The first kappa shape index (κ1) is 13.8. The van der Waals surface area contributed by atoms with Gasteiger partial charge in [0, 0.05) is 6.54 Å². The van der Waals surface area contributed by atoms with Crippen LogP contribution in [0.2, 0.25) is 0 Å². The molecule has 0 atom stereocenters. The van der Waals surface area contributed by atoms with Crippen molar-refractivity contribution in [1.82, 2.24) is 0 Å². The third kappa shape index (κ3) is 2.54. The van der Waals surface area contributed by atoms with Crippen LogP contribution in [-0.2, 0) is 16.8 Å². The van der Waals surface area contributed by atoms with Gasteiger partial charge in [-0.2, -0.15) is 0 Å². The molecule has 2 aromatic rings. The Labute approximate surface area is 123 Å². The SMILES string of the molecule is NCc1ccc(NC(=O)C2(c3ccccc3)CC2)c(F)c1. The van der Waals surface area contributed by atoms with Crippen molar-refractivity contribution >= 4 is 11.6 Å². The van der Waals surface area contributed by atoms with E-state index in [4.69, 9.17) is 5.73 Å². The molecule has 3 N–H and O–H groups in total. The Morgan fingerprint density at radius 2 is 1.90 bits per heavy atom. The normalized spacial score (nSPS) is 15.5. The van der Waals surface area contributed by atoms with Gasteiger partial charge >= 0.3 is 0 Å². The van der Waals surface area contributed by atoms with E-state index in [1.807, 2.05) is 30.3 Å². The van der Waals surface area contributed by atoms with Gasteiger partial charge < -0.3 is 11.1 Å². The lowest BCUT2D eigenvalue weighted by Gasteiger charge is -2.16. The fraction of sp³-hybridized carbons (Fsp3) is 0.235. The first-order valence-corrected chi connectivity index (χ1v) is 7.01. The first-order chi connectivity index (χ1) is 10.2. The maximum Gasteiger partial charge on any atom is 0.235 e. The summed E-state index contributed by atoms with van der Waals surface area (Å²) in [7, 11) is 0. The van der Waals surface area contributed by atoms with Gasteiger partial charge in [0.1, 0.15) is 5.82 Å². The van der Waals surface area contributed by atoms with Crippen molar-refractivity contribution in [1.29, 1.82) is 0 Å². The van der Waals surface area contributed by atoms with Crippen molar-refractivity contribution in [3.63, 3.8) is 0 Å². The number of nitrogens with one attached hydrogen (secondary N) is 1. The van der Waals surface area contributed by atoms with Gasteiger partial charge in [0.15, 0.2) is 0 Å². The van der Waals surface area contributed by atoms with E-state index in [0.29, 0.717) is 5.56 Å². The third-order valence-electron chi connectivity index (χ3n) is 4.03. The summed E-state index contributed by atoms with van der Waals surface area (Å²) >= 11 is 0. The van der Waals surface area contributed by atoms with E-state index < -0.39 is 11.2 Å². The van der Waals surface area contributed by atoms with Crippen LogP contribution in [0.25, 0.3) is 0 Å². The van der Waals surface area contributed by atoms with E-state index in [-0.39, 0.29) is 18.1 Å². The van der Waals surface area contributed by atoms with Crippen molar-refractivity contribution in [3.8, 4) is 0 Å². The fourth-order valence-electron chi connectivity index (χ4n) is 2.56. The van der Waals surface area contributed by atoms with Crippen LogP contribution < -0.4 is 11.1 Å². The summed E-state index contributed by atoms with van der Waals surface area (Å²) in [6, 6.07) is 14.3. The van der Waals surface area contributed by atoms with Crippen molar-refractivity contribution < 1.29 is 9.18 Å². The Balaban J connectivity index is 1.81. The van der Waals surface area contributed by atoms with Crippen molar-refractivity contribution in [3.05, 3.63) is 65.5 Å². The van der Waals surface area contributed by atoms with E-state index in [1.165, 1.54) is 6.07 Å². The fourth-order valence-corrected chi connectivity index (χ4v) is 2.56. The molecule has 1 aliphatic carbocycles. The van der Waals surface area contributed by atoms with Crippen LogP contribution in [0.3, 0.4) is 0 Å². The maximum absolute atomic E-state index is 13.9. The van der Waals surface area contributed by atoms with Crippen LogP contribution in [0.15, 0.2) is 48.5 Å². The molecule has 108 valence electrons. The lowest BCUT2D eigenvalue weighted by molar-refractivity contribution is -0.118. The summed E-state index contributed by atoms with van der Waals surface area (Å²) in [5.74, 6) is -0.594.